The maximum absolute atomic E-state index is 14.3. The molecule has 0 N–H and O–H groups in total. The summed E-state index contributed by atoms with van der Waals surface area (Å²) in [5, 5.41) is 0.467. The molecule has 0 aliphatic carbocycles. The second kappa shape index (κ2) is 14.5. The van der Waals surface area contributed by atoms with Gasteiger partial charge in [-0.3, -0.25) is 14.4 Å². The number of hydrogen-bond donors (Lipinski definition) is 0. The van der Waals surface area contributed by atoms with Gasteiger partial charge >= 0.3 is 0 Å². The molecule has 2 aromatic heterocycles. The van der Waals surface area contributed by atoms with Gasteiger partial charge in [0.2, 0.25) is 12.3 Å². The fourth-order valence-corrected chi connectivity index (χ4v) is 7.22. The average molecular weight is 659 g/mol. The third-order valence-electron chi connectivity index (χ3n) is 8.77. The lowest BCUT2D eigenvalue weighted by molar-refractivity contribution is -0.108. The summed E-state index contributed by atoms with van der Waals surface area (Å²) in [6.45, 7) is 4.00. The summed E-state index contributed by atoms with van der Waals surface area (Å²) >= 11 is 1.28. The Kier molecular flexibility index (Phi) is 10.00. The molecule has 2 saturated heterocycles. The third-order valence-corrected chi connectivity index (χ3v) is 10.1. The number of carbonyl (C=O) groups is 3. The number of hydrogen-bond acceptors (Lipinski definition) is 9. The van der Waals surface area contributed by atoms with Gasteiger partial charge in [-0.15, -0.1) is 11.3 Å². The molecule has 0 saturated carbocycles. The monoisotopic (exact) mass is 658 g/mol. The first-order valence-corrected chi connectivity index (χ1v) is 16.4. The number of amides is 3. The number of methoxy groups -OCH3 is 1. The van der Waals surface area contributed by atoms with Crippen molar-refractivity contribution in [3.63, 3.8) is 0 Å². The molecule has 1 unspecified atom stereocenters. The third kappa shape index (κ3) is 6.80. The van der Waals surface area contributed by atoms with E-state index in [0.29, 0.717) is 64.5 Å². The van der Waals surface area contributed by atoms with E-state index in [1.54, 1.807) is 42.3 Å². The van der Waals surface area contributed by atoms with Gasteiger partial charge in [0.05, 0.1) is 42.4 Å². The number of anilines is 1. The number of para-hydroxylation sites is 1. The molecule has 4 aromatic rings. The van der Waals surface area contributed by atoms with E-state index in [4.69, 9.17) is 18.6 Å². The summed E-state index contributed by atoms with van der Waals surface area (Å²) in [4.78, 5) is 50.1. The molecule has 2 aliphatic rings. The summed E-state index contributed by atoms with van der Waals surface area (Å²) < 4.78 is 23.5. The Bertz CT molecular complexity index is 1680. The largest absolute Gasteiger partial charge is 0.496 e. The Labute approximate surface area is 277 Å². The second-order valence-corrected chi connectivity index (χ2v) is 12.7. The molecule has 11 nitrogen and oxygen atoms in total. The zero-order chi connectivity index (χ0) is 32.9. The number of nitrogens with zero attached hydrogens (tertiary/aromatic N) is 4. The minimum Gasteiger partial charge on any atom is -0.496 e. The van der Waals surface area contributed by atoms with Crippen molar-refractivity contribution >= 4 is 34.6 Å². The van der Waals surface area contributed by atoms with Gasteiger partial charge in [-0.25, -0.2) is 4.98 Å². The Balaban J connectivity index is 1.30. The van der Waals surface area contributed by atoms with Crippen LogP contribution in [0, 0.1) is 6.92 Å². The van der Waals surface area contributed by atoms with E-state index in [0.717, 1.165) is 24.8 Å². The van der Waals surface area contributed by atoms with Crippen LogP contribution in [0.1, 0.15) is 50.8 Å². The highest BCUT2D eigenvalue weighted by atomic mass is 32.1. The van der Waals surface area contributed by atoms with E-state index in [1.165, 1.54) is 22.5 Å². The zero-order valence-corrected chi connectivity index (χ0v) is 27.5. The number of carbonyl (C=O) groups excluding carboxylic acids is 3. The predicted octanol–water partition coefficient (Wildman–Crippen LogP) is 5.22. The normalized spacial score (nSPS) is 15.9. The highest BCUT2D eigenvalue weighted by Gasteiger charge is 2.39. The standard InChI is InChI=1S/C35H38N4O7S/c1-23-30(34(42)37(2)25-19-38(20-25)33(41)24-9-5-4-6-10-24)35(47-31(23)32-36-15-18-45-32)39(22-40)21-29(46-26-13-16-44-17-14-26)27-11-7-8-12-28(27)43-3/h4-12,15,18,22,25-26,29H,13-14,16-17,19-21H2,1-3H3. The maximum Gasteiger partial charge on any atom is 0.257 e. The molecule has 2 fully saturated rings. The topological polar surface area (TPSA) is 115 Å². The van der Waals surface area contributed by atoms with Gasteiger partial charge in [0.25, 0.3) is 11.8 Å². The quantitative estimate of drug-likeness (QED) is 0.191. The Hall–Kier alpha value is -4.52. The van der Waals surface area contributed by atoms with Crippen molar-refractivity contribution in [1.29, 1.82) is 0 Å². The van der Waals surface area contributed by atoms with Crippen molar-refractivity contribution in [1.82, 2.24) is 14.8 Å². The van der Waals surface area contributed by atoms with Crippen LogP contribution in [0.15, 0.2) is 71.5 Å². The Morgan fingerprint density at radius 2 is 1.83 bits per heavy atom. The molecule has 3 amide bonds. The number of likely N-dealkylation sites (tertiary alicyclic amines) is 1. The molecule has 0 radical (unpaired) electrons. The SMILES string of the molecule is COc1ccccc1C(CN(C=O)c1sc(-c2ncco2)c(C)c1C(=O)N(C)C1CN(C(=O)c2ccccc2)C1)OC1CCOCC1. The van der Waals surface area contributed by atoms with Crippen molar-refractivity contribution in [3.05, 3.63) is 89.3 Å². The highest BCUT2D eigenvalue weighted by Crippen LogP contribution is 2.43. The van der Waals surface area contributed by atoms with Gasteiger partial charge in [-0.1, -0.05) is 36.4 Å². The van der Waals surface area contributed by atoms with Crippen LogP contribution in [0.2, 0.25) is 0 Å². The minimum atomic E-state index is -0.545. The van der Waals surface area contributed by atoms with E-state index in [1.807, 2.05) is 49.4 Å². The first-order chi connectivity index (χ1) is 22.9. The van der Waals surface area contributed by atoms with Crippen LogP contribution >= 0.6 is 11.3 Å². The maximum atomic E-state index is 14.3. The van der Waals surface area contributed by atoms with Crippen LogP contribution < -0.4 is 9.64 Å². The van der Waals surface area contributed by atoms with Gasteiger partial charge in [0.15, 0.2) is 0 Å². The minimum absolute atomic E-state index is 0.0625. The van der Waals surface area contributed by atoms with Crippen molar-refractivity contribution in [3.8, 4) is 16.5 Å². The molecular weight excluding hydrogens is 620 g/mol. The molecule has 4 heterocycles. The fraction of sp³-hybridized carbons (Fsp3) is 0.371. The number of ether oxygens (including phenoxy) is 3. The first kappa shape index (κ1) is 32.4. The van der Waals surface area contributed by atoms with Crippen LogP contribution in [0.5, 0.6) is 5.75 Å². The van der Waals surface area contributed by atoms with Crippen LogP contribution in [0.3, 0.4) is 0 Å². The van der Waals surface area contributed by atoms with Crippen LogP contribution in [0.25, 0.3) is 10.8 Å². The van der Waals surface area contributed by atoms with E-state index in [-0.39, 0.29) is 30.5 Å². The van der Waals surface area contributed by atoms with E-state index >= 15 is 0 Å². The summed E-state index contributed by atoms with van der Waals surface area (Å²) in [6.07, 6.45) is 4.62. The van der Waals surface area contributed by atoms with Crippen molar-refractivity contribution in [2.75, 3.05) is 51.9 Å². The summed E-state index contributed by atoms with van der Waals surface area (Å²) in [6, 6.07) is 16.5. The van der Waals surface area contributed by atoms with Crippen LogP contribution in [0.4, 0.5) is 5.00 Å². The smallest absolute Gasteiger partial charge is 0.257 e. The molecule has 1 atom stereocenters. The second-order valence-electron chi connectivity index (χ2n) is 11.7. The van der Waals surface area contributed by atoms with E-state index in [9.17, 15) is 14.4 Å². The van der Waals surface area contributed by atoms with Gasteiger partial charge in [0.1, 0.15) is 23.1 Å². The number of oxazole rings is 1. The number of thiophene rings is 1. The molecule has 246 valence electrons. The molecule has 2 aliphatic heterocycles. The van der Waals surface area contributed by atoms with Gasteiger partial charge < -0.3 is 33.3 Å². The number of aromatic nitrogens is 1. The van der Waals surface area contributed by atoms with E-state index < -0.39 is 6.10 Å². The van der Waals surface area contributed by atoms with Crippen LogP contribution in [-0.2, 0) is 14.3 Å². The molecule has 0 spiro atoms. The van der Waals surface area contributed by atoms with Crippen molar-refractivity contribution in [2.45, 2.75) is 38.0 Å². The van der Waals surface area contributed by atoms with Gasteiger partial charge in [-0.05, 0) is 43.5 Å². The van der Waals surface area contributed by atoms with Crippen LogP contribution in [-0.4, -0.2) is 92.2 Å². The predicted molar refractivity (Wildman–Crippen MR) is 177 cm³/mol. The van der Waals surface area contributed by atoms with Crippen molar-refractivity contribution in [2.24, 2.45) is 0 Å². The van der Waals surface area contributed by atoms with E-state index in [2.05, 4.69) is 4.98 Å². The average Bonchev–Trinajstić information content (AvgIpc) is 3.74. The van der Waals surface area contributed by atoms with Crippen molar-refractivity contribution < 1.29 is 33.0 Å². The zero-order valence-electron chi connectivity index (χ0n) is 26.7. The Morgan fingerprint density at radius 1 is 1.11 bits per heavy atom. The molecule has 12 heteroatoms. The lowest BCUT2D eigenvalue weighted by atomic mass is 10.0. The first-order valence-electron chi connectivity index (χ1n) is 15.6. The molecule has 6 rings (SSSR count). The number of rotatable bonds is 12. The summed E-state index contributed by atoms with van der Waals surface area (Å²) in [5.74, 6) is 0.688. The molecule has 47 heavy (non-hydrogen) atoms. The Morgan fingerprint density at radius 3 is 2.51 bits per heavy atom. The number of likely N-dealkylation sites (N-methyl/N-ethyl adjacent to an activating group) is 1. The molecule has 0 bridgehead atoms. The lowest BCUT2D eigenvalue weighted by Crippen LogP contribution is -2.61. The van der Waals surface area contributed by atoms with Gasteiger partial charge in [0, 0.05) is 44.5 Å². The fourth-order valence-electron chi connectivity index (χ4n) is 6.01. The van der Waals surface area contributed by atoms with Gasteiger partial charge in [-0.2, -0.15) is 0 Å². The molecule has 2 aromatic carbocycles. The highest BCUT2D eigenvalue weighted by molar-refractivity contribution is 7.20. The lowest BCUT2D eigenvalue weighted by Gasteiger charge is -2.44. The number of benzene rings is 2. The molecular formula is C35H38N4O7S. The summed E-state index contributed by atoms with van der Waals surface area (Å²) in [5.41, 5.74) is 2.46. The summed E-state index contributed by atoms with van der Waals surface area (Å²) in [7, 11) is 3.34.